The monoisotopic (exact) mass is 430 g/mol. The van der Waals surface area contributed by atoms with E-state index < -0.39 is 11.1 Å². The molecule has 2 atom stereocenters. The fourth-order valence-corrected chi connectivity index (χ4v) is 3.59. The topological polar surface area (TPSA) is 78.3 Å². The number of benzene rings is 2. The largest absolute Gasteiger partial charge is 0.493 e. The summed E-state index contributed by atoms with van der Waals surface area (Å²) in [4.78, 5) is 12.4. The maximum atomic E-state index is 13.3. The van der Waals surface area contributed by atoms with Crippen LogP contribution in [-0.4, -0.2) is 33.0 Å². The highest BCUT2D eigenvalue weighted by atomic mass is 32.2. The van der Waals surface area contributed by atoms with Crippen molar-refractivity contribution in [1.29, 1.82) is 0 Å². The summed E-state index contributed by atoms with van der Waals surface area (Å²) in [5, 5.41) is 11.2. The van der Waals surface area contributed by atoms with Gasteiger partial charge in [0.1, 0.15) is 5.82 Å². The number of aromatic nitrogens is 3. The second-order valence-electron chi connectivity index (χ2n) is 6.57. The molecule has 1 amide bonds. The van der Waals surface area contributed by atoms with Crippen molar-refractivity contribution in [2.24, 2.45) is 7.05 Å². The van der Waals surface area contributed by atoms with E-state index in [0.717, 1.165) is 0 Å². The van der Waals surface area contributed by atoms with Gasteiger partial charge in [-0.3, -0.25) is 4.79 Å². The van der Waals surface area contributed by atoms with Crippen LogP contribution in [0.5, 0.6) is 11.5 Å². The second-order valence-corrected chi connectivity index (χ2v) is 7.88. The van der Waals surface area contributed by atoms with Gasteiger partial charge < -0.3 is 19.4 Å². The minimum atomic E-state index is -0.463. The van der Waals surface area contributed by atoms with Crippen molar-refractivity contribution in [3.8, 4) is 11.5 Å². The average molecular weight is 431 g/mol. The molecule has 1 heterocycles. The van der Waals surface area contributed by atoms with Gasteiger partial charge in [-0.2, -0.15) is 0 Å². The summed E-state index contributed by atoms with van der Waals surface area (Å²) in [5.41, 5.74) is 0.407. The molecule has 30 heavy (non-hydrogen) atoms. The Hall–Kier alpha value is -3.07. The lowest BCUT2D eigenvalue weighted by Crippen LogP contribution is -2.23. The third-order valence-corrected chi connectivity index (χ3v) is 5.48. The third kappa shape index (κ3) is 5.10. The quantitative estimate of drug-likeness (QED) is 0.539. The number of ether oxygens (including phenoxy) is 2. The molecule has 0 bridgehead atoms. The number of anilines is 1. The number of carbonyl (C=O) groups is 1. The summed E-state index contributed by atoms with van der Waals surface area (Å²) in [6.07, 6.45) is -0.385. The number of hydrogen-bond donors (Lipinski definition) is 1. The highest BCUT2D eigenvalue weighted by Crippen LogP contribution is 2.31. The molecule has 0 aliphatic rings. The van der Waals surface area contributed by atoms with Crippen LogP contribution in [0.2, 0.25) is 0 Å². The van der Waals surface area contributed by atoms with Gasteiger partial charge in [-0.05, 0) is 44.2 Å². The number of thioether (sulfide) groups is 1. The molecule has 9 heteroatoms. The molecular weight excluding hydrogens is 407 g/mol. The van der Waals surface area contributed by atoms with Crippen LogP contribution in [0, 0.1) is 5.82 Å². The summed E-state index contributed by atoms with van der Waals surface area (Å²) < 4.78 is 26.4. The van der Waals surface area contributed by atoms with Crippen LogP contribution in [0.4, 0.5) is 10.1 Å². The van der Waals surface area contributed by atoms with Gasteiger partial charge >= 0.3 is 0 Å². The van der Waals surface area contributed by atoms with Crippen molar-refractivity contribution in [2.75, 3.05) is 12.4 Å². The number of carbonyl (C=O) groups excluding carboxylic acids is 1. The van der Waals surface area contributed by atoms with Crippen LogP contribution >= 0.6 is 11.8 Å². The number of methoxy groups -OCH3 is 1. The molecule has 7 nitrogen and oxygen atoms in total. The van der Waals surface area contributed by atoms with Crippen LogP contribution in [-0.2, 0) is 11.8 Å². The Kier molecular flexibility index (Phi) is 6.94. The first-order valence-corrected chi connectivity index (χ1v) is 10.2. The average Bonchev–Trinajstić information content (AvgIpc) is 3.08. The number of nitrogens with one attached hydrogen (secondary N) is 1. The minimum Gasteiger partial charge on any atom is -0.493 e. The molecule has 0 radical (unpaired) electrons. The number of rotatable bonds is 8. The Balaban J connectivity index is 1.66. The minimum absolute atomic E-state index is 0.256. The van der Waals surface area contributed by atoms with E-state index in [-0.39, 0.29) is 12.0 Å². The first-order valence-electron chi connectivity index (χ1n) is 9.31. The molecule has 3 aromatic rings. The van der Waals surface area contributed by atoms with E-state index in [1.807, 2.05) is 38.2 Å². The van der Waals surface area contributed by atoms with Crippen molar-refractivity contribution in [3.05, 3.63) is 60.2 Å². The molecule has 0 spiro atoms. The highest BCUT2D eigenvalue weighted by molar-refractivity contribution is 8.00. The first-order chi connectivity index (χ1) is 14.4. The summed E-state index contributed by atoms with van der Waals surface area (Å²) in [6, 6.07) is 13.1. The molecule has 158 valence electrons. The smallest absolute Gasteiger partial charge is 0.237 e. The van der Waals surface area contributed by atoms with E-state index in [2.05, 4.69) is 15.5 Å². The Morgan fingerprint density at radius 2 is 1.87 bits per heavy atom. The van der Waals surface area contributed by atoms with Gasteiger partial charge in [0, 0.05) is 12.7 Å². The lowest BCUT2D eigenvalue weighted by Gasteiger charge is -2.16. The molecule has 1 N–H and O–H groups in total. The fraction of sp³-hybridized carbons (Fsp3) is 0.286. The predicted octanol–water partition coefficient (Wildman–Crippen LogP) is 4.22. The molecule has 2 aromatic carbocycles. The molecule has 0 saturated heterocycles. The van der Waals surface area contributed by atoms with E-state index >= 15 is 0 Å². The van der Waals surface area contributed by atoms with Crippen LogP contribution in [0.3, 0.4) is 0 Å². The van der Waals surface area contributed by atoms with Gasteiger partial charge in [-0.15, -0.1) is 10.2 Å². The second kappa shape index (κ2) is 9.62. The van der Waals surface area contributed by atoms with Gasteiger partial charge in [-0.25, -0.2) is 4.39 Å². The lowest BCUT2D eigenvalue weighted by atomic mass is 10.3. The maximum Gasteiger partial charge on any atom is 0.237 e. The Bertz CT molecular complexity index is 1030. The van der Waals surface area contributed by atoms with E-state index in [0.29, 0.717) is 28.2 Å². The number of amides is 1. The molecular formula is C21H23FN4O3S. The van der Waals surface area contributed by atoms with Gasteiger partial charge in [-0.1, -0.05) is 30.0 Å². The SMILES string of the molecule is COc1ccccc1OC(C)c1nnc(SC(C)C(=O)Nc2cccc(F)c2)n1C. The fourth-order valence-electron chi connectivity index (χ4n) is 2.76. The Morgan fingerprint density at radius 3 is 2.57 bits per heavy atom. The van der Waals surface area contributed by atoms with Crippen LogP contribution < -0.4 is 14.8 Å². The van der Waals surface area contributed by atoms with Crippen LogP contribution in [0.15, 0.2) is 53.7 Å². The normalized spacial score (nSPS) is 12.8. The third-order valence-electron chi connectivity index (χ3n) is 4.35. The standard InChI is InChI=1S/C21H23FN4O3S/c1-13(29-18-11-6-5-10-17(18)28-4)19-24-25-21(26(19)3)30-14(2)20(27)23-16-9-7-8-15(22)12-16/h5-14H,1-4H3,(H,23,27). The van der Waals surface area contributed by atoms with Crippen molar-refractivity contribution >= 4 is 23.4 Å². The number of para-hydroxylation sites is 2. The zero-order valence-electron chi connectivity index (χ0n) is 17.1. The molecule has 0 aliphatic heterocycles. The summed E-state index contributed by atoms with van der Waals surface area (Å²) in [5.74, 6) is 1.18. The highest BCUT2D eigenvalue weighted by Gasteiger charge is 2.22. The summed E-state index contributed by atoms with van der Waals surface area (Å²) >= 11 is 1.26. The van der Waals surface area contributed by atoms with Crippen molar-refractivity contribution in [2.45, 2.75) is 30.4 Å². The van der Waals surface area contributed by atoms with E-state index in [9.17, 15) is 9.18 Å². The van der Waals surface area contributed by atoms with Crippen molar-refractivity contribution in [3.63, 3.8) is 0 Å². The van der Waals surface area contributed by atoms with Gasteiger partial charge in [0.2, 0.25) is 5.91 Å². The number of hydrogen-bond acceptors (Lipinski definition) is 6. The van der Waals surface area contributed by atoms with Gasteiger partial charge in [0.25, 0.3) is 0 Å². The summed E-state index contributed by atoms with van der Waals surface area (Å²) in [6.45, 7) is 3.62. The van der Waals surface area contributed by atoms with E-state index in [4.69, 9.17) is 9.47 Å². The molecule has 3 rings (SSSR count). The predicted molar refractivity (Wildman–Crippen MR) is 113 cm³/mol. The van der Waals surface area contributed by atoms with Crippen molar-refractivity contribution in [1.82, 2.24) is 14.8 Å². The van der Waals surface area contributed by atoms with Gasteiger partial charge in [0.05, 0.1) is 12.4 Å². The van der Waals surface area contributed by atoms with Crippen LogP contribution in [0.25, 0.3) is 0 Å². The molecule has 2 unspecified atom stereocenters. The Labute approximate surface area is 178 Å². The van der Waals surface area contributed by atoms with Gasteiger partial charge in [0.15, 0.2) is 28.6 Å². The molecule has 0 saturated carbocycles. The summed E-state index contributed by atoms with van der Waals surface area (Å²) in [7, 11) is 3.40. The zero-order chi connectivity index (χ0) is 21.7. The van der Waals surface area contributed by atoms with Crippen molar-refractivity contribution < 1.29 is 18.7 Å². The molecule has 1 aromatic heterocycles. The number of halogens is 1. The lowest BCUT2D eigenvalue weighted by molar-refractivity contribution is -0.115. The number of nitrogens with zero attached hydrogens (tertiary/aromatic N) is 3. The Morgan fingerprint density at radius 1 is 1.13 bits per heavy atom. The molecule has 0 fully saturated rings. The first kappa shape index (κ1) is 21.6. The zero-order valence-corrected chi connectivity index (χ0v) is 17.9. The molecule has 0 aliphatic carbocycles. The van der Waals surface area contributed by atoms with E-state index in [1.165, 1.54) is 23.9 Å². The maximum absolute atomic E-state index is 13.3. The van der Waals surface area contributed by atoms with Crippen LogP contribution in [0.1, 0.15) is 25.8 Å². The van der Waals surface area contributed by atoms with E-state index in [1.54, 1.807) is 30.7 Å².